The van der Waals surface area contributed by atoms with Crippen molar-refractivity contribution in [2.24, 2.45) is 0 Å². The van der Waals surface area contributed by atoms with E-state index in [1.807, 2.05) is 0 Å². The molecule has 0 aromatic rings. The molecule has 9 heavy (non-hydrogen) atoms. The average Bonchev–Trinajstić information content (AvgIpc) is 1.65. The zero-order valence-corrected chi connectivity index (χ0v) is 13.0. The molecule has 3 heteroatoms. The van der Waals surface area contributed by atoms with Crippen LogP contribution in [0.3, 0.4) is 0 Å². The van der Waals surface area contributed by atoms with Gasteiger partial charge in [-0.1, -0.05) is 0 Å². The Morgan fingerprint density at radius 3 is 1.11 bits per heavy atom. The van der Waals surface area contributed by atoms with Crippen molar-refractivity contribution < 1.29 is 0 Å². The minimum absolute atomic E-state index is 0.953. The van der Waals surface area contributed by atoms with Gasteiger partial charge in [0.25, 0.3) is 0 Å². The molecular formula is C6H14I2Te. The summed E-state index contributed by atoms with van der Waals surface area (Å²) in [5.74, 6) is 0. The van der Waals surface area contributed by atoms with Crippen molar-refractivity contribution in [3.05, 3.63) is 0 Å². The first-order valence-corrected chi connectivity index (χ1v) is 19.4. The molecule has 0 aliphatic heterocycles. The second-order valence-corrected chi connectivity index (χ2v) is 42.0. The number of hydrogen-bond donors (Lipinski definition) is 0. The molecule has 0 unspecified atom stereocenters. The van der Waals surface area contributed by atoms with Gasteiger partial charge in [-0.3, -0.25) is 0 Å². The van der Waals surface area contributed by atoms with Gasteiger partial charge in [0, 0.05) is 0 Å². The minimum atomic E-state index is -1.42. The molecule has 0 aliphatic carbocycles. The summed E-state index contributed by atoms with van der Waals surface area (Å²) >= 11 is 5.46. The topological polar surface area (TPSA) is 0 Å². The summed E-state index contributed by atoms with van der Waals surface area (Å²) in [7, 11) is -1.42. The molecule has 0 nitrogen and oxygen atoms in total. The Kier molecular flexibility index (Phi) is 5.40. The van der Waals surface area contributed by atoms with Crippen LogP contribution in [0.25, 0.3) is 0 Å². The van der Waals surface area contributed by atoms with Gasteiger partial charge < -0.3 is 0 Å². The SMILES string of the molecule is CC(C)[Te](I)(I)C(C)C. The van der Waals surface area contributed by atoms with E-state index in [4.69, 9.17) is 0 Å². The summed E-state index contributed by atoms with van der Waals surface area (Å²) in [4.78, 5) is 0. The van der Waals surface area contributed by atoms with Crippen LogP contribution >= 0.6 is 37.4 Å². The van der Waals surface area contributed by atoms with Crippen LogP contribution in [0.1, 0.15) is 27.7 Å². The van der Waals surface area contributed by atoms with Crippen LogP contribution < -0.4 is 0 Å². The summed E-state index contributed by atoms with van der Waals surface area (Å²) < 4.78 is 1.91. The molecule has 0 saturated carbocycles. The molecule has 0 fully saturated rings. The normalized spacial score (nSPS) is 15.1. The van der Waals surface area contributed by atoms with E-state index in [1.165, 1.54) is 0 Å². The third-order valence-corrected chi connectivity index (χ3v) is 35.7. The molecule has 0 rings (SSSR count). The second-order valence-electron chi connectivity index (χ2n) is 2.65. The van der Waals surface area contributed by atoms with Crippen molar-refractivity contribution >= 4 is 47.7 Å². The average molecular weight is 468 g/mol. The quantitative estimate of drug-likeness (QED) is 0.424. The van der Waals surface area contributed by atoms with Gasteiger partial charge in [0.2, 0.25) is 0 Å². The van der Waals surface area contributed by atoms with Crippen LogP contribution in [0, 0.1) is 0 Å². The van der Waals surface area contributed by atoms with Crippen LogP contribution in [0.15, 0.2) is 0 Å². The molecule has 0 aromatic heterocycles. The van der Waals surface area contributed by atoms with Crippen molar-refractivity contribution in [2.45, 2.75) is 35.6 Å². The van der Waals surface area contributed by atoms with Gasteiger partial charge in [0.1, 0.15) is 0 Å². The van der Waals surface area contributed by atoms with Crippen LogP contribution in [0.5, 0.6) is 0 Å². The summed E-state index contributed by atoms with van der Waals surface area (Å²) in [5, 5.41) is 0. The van der Waals surface area contributed by atoms with Crippen LogP contribution in [-0.4, -0.2) is 10.3 Å². The van der Waals surface area contributed by atoms with E-state index < -0.39 is 10.3 Å². The Labute approximate surface area is 81.9 Å². The van der Waals surface area contributed by atoms with Gasteiger partial charge in [0.15, 0.2) is 0 Å². The van der Waals surface area contributed by atoms with E-state index in [2.05, 4.69) is 65.1 Å². The molecule has 0 bridgehead atoms. The van der Waals surface area contributed by atoms with Crippen molar-refractivity contribution in [3.8, 4) is 0 Å². The molecule has 0 aromatic carbocycles. The fraction of sp³-hybridized carbons (Fsp3) is 1.00. The first kappa shape index (κ1) is 11.2. The van der Waals surface area contributed by atoms with Gasteiger partial charge in [0.05, 0.1) is 0 Å². The summed E-state index contributed by atoms with van der Waals surface area (Å²) in [5.41, 5.74) is 0. The number of rotatable bonds is 2. The van der Waals surface area contributed by atoms with Crippen LogP contribution in [0.2, 0.25) is 7.93 Å². The molecular weight excluding hydrogens is 453 g/mol. The Bertz CT molecular complexity index is 79.1. The third-order valence-electron chi connectivity index (χ3n) is 1.26. The molecule has 0 aliphatic rings. The zero-order chi connectivity index (χ0) is 7.65. The molecule has 0 atom stereocenters. The fourth-order valence-corrected chi connectivity index (χ4v) is 3.65. The van der Waals surface area contributed by atoms with E-state index in [1.54, 1.807) is 0 Å². The molecule has 0 N–H and O–H groups in total. The summed E-state index contributed by atoms with van der Waals surface area (Å²) in [6, 6.07) is 0. The van der Waals surface area contributed by atoms with E-state index in [-0.39, 0.29) is 0 Å². The van der Waals surface area contributed by atoms with E-state index in [0.717, 1.165) is 7.93 Å². The summed E-state index contributed by atoms with van der Waals surface area (Å²) in [6.07, 6.45) is 0. The predicted molar refractivity (Wildman–Crippen MR) is 64.0 cm³/mol. The van der Waals surface area contributed by atoms with Gasteiger partial charge in [-0.15, -0.1) is 0 Å². The van der Waals surface area contributed by atoms with Gasteiger partial charge in [-0.2, -0.15) is 0 Å². The van der Waals surface area contributed by atoms with Gasteiger partial charge in [-0.25, -0.2) is 0 Å². The van der Waals surface area contributed by atoms with E-state index in [9.17, 15) is 0 Å². The van der Waals surface area contributed by atoms with Crippen molar-refractivity contribution in [1.29, 1.82) is 0 Å². The van der Waals surface area contributed by atoms with Gasteiger partial charge in [-0.05, 0) is 0 Å². The van der Waals surface area contributed by atoms with Crippen LogP contribution in [-0.2, 0) is 0 Å². The zero-order valence-electron chi connectivity index (χ0n) is 6.32. The second kappa shape index (κ2) is 4.32. The molecule has 0 heterocycles. The Balaban J connectivity index is 4.01. The maximum atomic E-state index is 2.73. The van der Waals surface area contributed by atoms with Gasteiger partial charge >= 0.3 is 83.3 Å². The Morgan fingerprint density at radius 2 is 1.11 bits per heavy atom. The van der Waals surface area contributed by atoms with E-state index >= 15 is 0 Å². The summed E-state index contributed by atoms with van der Waals surface area (Å²) in [6.45, 7) is 9.44. The van der Waals surface area contributed by atoms with E-state index in [0.29, 0.717) is 0 Å². The molecule has 0 saturated heterocycles. The van der Waals surface area contributed by atoms with Crippen molar-refractivity contribution in [2.75, 3.05) is 0 Å². The first-order chi connectivity index (χ1) is 3.89. The number of halogens is 2. The molecule has 0 spiro atoms. The van der Waals surface area contributed by atoms with Crippen LogP contribution in [0.4, 0.5) is 0 Å². The standard InChI is InChI=1S/C6H14I2Te/c1-5(2)9(7,8)6(3)4/h5-6H,1-4H3. The van der Waals surface area contributed by atoms with Crippen molar-refractivity contribution in [1.82, 2.24) is 0 Å². The monoisotopic (exact) mass is 470 g/mol. The first-order valence-electron chi connectivity index (χ1n) is 3.09. The fourth-order valence-electron chi connectivity index (χ4n) is 0.544. The van der Waals surface area contributed by atoms with Crippen molar-refractivity contribution in [3.63, 3.8) is 0 Å². The Hall–Kier alpha value is 2.25. The maximum absolute atomic E-state index is 2.73. The molecule has 58 valence electrons. The predicted octanol–water partition coefficient (Wildman–Crippen LogP) is 4.12. The molecule has 0 amide bonds. The Morgan fingerprint density at radius 1 is 0.889 bits per heavy atom. The third kappa shape index (κ3) is 3.44. The number of hydrogen-bond acceptors (Lipinski definition) is 0. The molecule has 0 radical (unpaired) electrons.